The molecule has 320 valence electrons. The molecule has 1 unspecified atom stereocenters. The average molecular weight is 775 g/mol. The molecule has 0 bridgehead atoms. The lowest BCUT2D eigenvalue weighted by molar-refractivity contribution is -0.148. The molecular formula is C46H86N4O5. The van der Waals surface area contributed by atoms with Crippen molar-refractivity contribution in [2.45, 2.75) is 232 Å². The van der Waals surface area contributed by atoms with Gasteiger partial charge >= 0.3 is 11.9 Å². The van der Waals surface area contributed by atoms with Crippen molar-refractivity contribution < 1.29 is 23.9 Å². The standard InChI is InChI=1S/C46H86N4O5/c1-3-5-7-9-11-13-15-17-19-21-23-25-27-29-31-33-44(51)54-37-35-50(46(53)43(47)39-42-40-48-41-49-42)36-38-55-45(52)34-32-30-28-26-24-22-20-18-16-14-12-10-8-6-4-2/h40-41,43H,3-39,47H2,1-2H3,(H,48,49). The van der Waals surface area contributed by atoms with Gasteiger partial charge in [-0.1, -0.05) is 194 Å². The van der Waals surface area contributed by atoms with Crippen LogP contribution in [0.2, 0.25) is 0 Å². The van der Waals surface area contributed by atoms with E-state index in [0.717, 1.165) is 44.2 Å². The fourth-order valence-corrected chi connectivity index (χ4v) is 7.25. The number of esters is 2. The molecule has 0 aliphatic carbocycles. The van der Waals surface area contributed by atoms with Crippen LogP contribution in [0.4, 0.5) is 0 Å². The summed E-state index contributed by atoms with van der Waals surface area (Å²) in [6.07, 6.45) is 42.7. The van der Waals surface area contributed by atoms with Crippen LogP contribution in [0, 0.1) is 0 Å². The molecule has 0 aliphatic heterocycles. The van der Waals surface area contributed by atoms with E-state index in [0.29, 0.717) is 19.3 Å². The van der Waals surface area contributed by atoms with Gasteiger partial charge in [0.15, 0.2) is 0 Å². The molecular weight excluding hydrogens is 689 g/mol. The normalized spacial score (nSPS) is 11.8. The van der Waals surface area contributed by atoms with Crippen LogP contribution in [-0.4, -0.2) is 65.1 Å². The van der Waals surface area contributed by atoms with Crippen molar-refractivity contribution >= 4 is 17.8 Å². The summed E-state index contributed by atoms with van der Waals surface area (Å²) >= 11 is 0. The number of nitrogens with zero attached hydrogens (tertiary/aromatic N) is 2. The number of aromatic amines is 1. The predicted octanol–water partition coefficient (Wildman–Crippen LogP) is 11.7. The maximum atomic E-state index is 13.3. The van der Waals surface area contributed by atoms with E-state index >= 15 is 0 Å². The second-order valence-electron chi connectivity index (χ2n) is 16.1. The van der Waals surface area contributed by atoms with Crippen LogP contribution in [0.5, 0.6) is 0 Å². The molecule has 1 heterocycles. The molecule has 9 heteroatoms. The summed E-state index contributed by atoms with van der Waals surface area (Å²) in [5.74, 6) is -0.746. The minimum absolute atomic E-state index is 0.0904. The highest BCUT2D eigenvalue weighted by Gasteiger charge is 2.22. The SMILES string of the molecule is CCCCCCCCCCCCCCCCCC(=O)OCCN(CCOC(=O)CCCCCCCCCCCCCCCCC)C(=O)C(N)Cc1cnc[nH]1. The third-order valence-corrected chi connectivity index (χ3v) is 10.8. The molecule has 0 fully saturated rings. The summed E-state index contributed by atoms with van der Waals surface area (Å²) in [6.45, 7) is 5.13. The van der Waals surface area contributed by atoms with Crippen molar-refractivity contribution in [2.24, 2.45) is 5.73 Å². The third-order valence-electron chi connectivity index (χ3n) is 10.8. The minimum atomic E-state index is -0.785. The summed E-state index contributed by atoms with van der Waals surface area (Å²) < 4.78 is 11.0. The van der Waals surface area contributed by atoms with Gasteiger partial charge in [-0.2, -0.15) is 0 Å². The first kappa shape index (κ1) is 50.6. The Kier molecular flexibility index (Phi) is 35.4. The van der Waals surface area contributed by atoms with Gasteiger partial charge in [0.1, 0.15) is 13.2 Å². The number of rotatable bonds is 41. The Bertz CT molecular complexity index is 952. The number of H-pyrrole nitrogens is 1. The predicted molar refractivity (Wildman–Crippen MR) is 228 cm³/mol. The Morgan fingerprint density at radius 1 is 0.564 bits per heavy atom. The number of nitrogens with two attached hydrogens (primary N) is 1. The van der Waals surface area contributed by atoms with Crippen LogP contribution >= 0.6 is 0 Å². The van der Waals surface area contributed by atoms with E-state index in [1.807, 2.05) is 0 Å². The Labute approximate surface area is 337 Å². The first-order chi connectivity index (χ1) is 27.0. The van der Waals surface area contributed by atoms with E-state index in [2.05, 4.69) is 23.8 Å². The molecule has 0 spiro atoms. The van der Waals surface area contributed by atoms with Gasteiger partial charge in [-0.25, -0.2) is 4.98 Å². The molecule has 0 aliphatic rings. The van der Waals surface area contributed by atoms with Crippen molar-refractivity contribution in [2.75, 3.05) is 26.3 Å². The molecule has 1 rings (SSSR count). The first-order valence-electron chi connectivity index (χ1n) is 23.3. The van der Waals surface area contributed by atoms with E-state index in [4.69, 9.17) is 15.2 Å². The van der Waals surface area contributed by atoms with Crippen LogP contribution in [0.3, 0.4) is 0 Å². The van der Waals surface area contributed by atoms with Crippen molar-refractivity contribution in [3.05, 3.63) is 18.2 Å². The van der Waals surface area contributed by atoms with Crippen molar-refractivity contribution in [1.82, 2.24) is 14.9 Å². The molecule has 55 heavy (non-hydrogen) atoms. The third kappa shape index (κ3) is 32.4. The van der Waals surface area contributed by atoms with Gasteiger partial charge in [0.05, 0.1) is 25.5 Å². The zero-order valence-electron chi connectivity index (χ0n) is 35.9. The smallest absolute Gasteiger partial charge is 0.305 e. The van der Waals surface area contributed by atoms with E-state index < -0.39 is 6.04 Å². The summed E-state index contributed by atoms with van der Waals surface area (Å²) in [7, 11) is 0. The zero-order chi connectivity index (χ0) is 39.9. The maximum absolute atomic E-state index is 13.3. The van der Waals surface area contributed by atoms with Gasteiger partial charge in [0, 0.05) is 31.2 Å². The monoisotopic (exact) mass is 775 g/mol. The number of hydrogen-bond donors (Lipinski definition) is 2. The number of amides is 1. The number of unbranched alkanes of at least 4 members (excludes halogenated alkanes) is 28. The number of hydrogen-bond acceptors (Lipinski definition) is 7. The highest BCUT2D eigenvalue weighted by atomic mass is 16.5. The Morgan fingerprint density at radius 3 is 1.20 bits per heavy atom. The van der Waals surface area contributed by atoms with Crippen LogP contribution in [0.1, 0.15) is 225 Å². The van der Waals surface area contributed by atoms with E-state index in [1.165, 1.54) is 154 Å². The molecule has 3 N–H and O–H groups in total. The van der Waals surface area contributed by atoms with Crippen LogP contribution in [0.25, 0.3) is 0 Å². The zero-order valence-corrected chi connectivity index (χ0v) is 35.9. The molecule has 1 aromatic heterocycles. The Hall–Kier alpha value is -2.42. The van der Waals surface area contributed by atoms with Gasteiger partial charge in [0.25, 0.3) is 0 Å². The molecule has 0 saturated carbocycles. The fourth-order valence-electron chi connectivity index (χ4n) is 7.25. The number of carbonyl (C=O) groups is 3. The van der Waals surface area contributed by atoms with Crippen molar-refractivity contribution in [3.63, 3.8) is 0 Å². The molecule has 0 radical (unpaired) electrons. The van der Waals surface area contributed by atoms with Crippen LogP contribution < -0.4 is 5.73 Å². The van der Waals surface area contributed by atoms with Crippen LogP contribution in [-0.2, 0) is 30.3 Å². The van der Waals surface area contributed by atoms with Crippen molar-refractivity contribution in [3.8, 4) is 0 Å². The number of nitrogens with one attached hydrogen (secondary N) is 1. The summed E-state index contributed by atoms with van der Waals surface area (Å²) in [6, 6.07) is -0.785. The summed E-state index contributed by atoms with van der Waals surface area (Å²) in [4.78, 5) is 46.7. The summed E-state index contributed by atoms with van der Waals surface area (Å²) in [5.41, 5.74) is 7.03. The maximum Gasteiger partial charge on any atom is 0.305 e. The quantitative estimate of drug-likeness (QED) is 0.0501. The summed E-state index contributed by atoms with van der Waals surface area (Å²) in [5, 5.41) is 0. The van der Waals surface area contributed by atoms with Gasteiger partial charge in [0.2, 0.25) is 5.91 Å². The van der Waals surface area contributed by atoms with Gasteiger partial charge < -0.3 is 25.1 Å². The van der Waals surface area contributed by atoms with Crippen molar-refractivity contribution in [1.29, 1.82) is 0 Å². The Morgan fingerprint density at radius 2 is 0.891 bits per heavy atom. The average Bonchev–Trinajstić information content (AvgIpc) is 3.70. The lowest BCUT2D eigenvalue weighted by Crippen LogP contribution is -2.47. The van der Waals surface area contributed by atoms with Crippen LogP contribution in [0.15, 0.2) is 12.5 Å². The molecule has 0 aromatic carbocycles. The number of ether oxygens (including phenoxy) is 2. The number of aromatic nitrogens is 2. The largest absolute Gasteiger partial charge is 0.464 e. The molecule has 1 atom stereocenters. The lowest BCUT2D eigenvalue weighted by Gasteiger charge is -2.25. The topological polar surface area (TPSA) is 128 Å². The second kappa shape index (κ2) is 38.5. The molecule has 1 aromatic rings. The Balaban J connectivity index is 2.18. The molecule has 1 amide bonds. The minimum Gasteiger partial charge on any atom is -0.464 e. The lowest BCUT2D eigenvalue weighted by atomic mass is 10.0. The van der Waals surface area contributed by atoms with Gasteiger partial charge in [-0.3, -0.25) is 14.4 Å². The highest BCUT2D eigenvalue weighted by molar-refractivity contribution is 5.82. The number of imidazole rings is 1. The van der Waals surface area contributed by atoms with E-state index in [9.17, 15) is 14.4 Å². The highest BCUT2D eigenvalue weighted by Crippen LogP contribution is 2.16. The van der Waals surface area contributed by atoms with Gasteiger partial charge in [-0.05, 0) is 12.8 Å². The first-order valence-corrected chi connectivity index (χ1v) is 23.3. The fraction of sp³-hybridized carbons (Fsp3) is 0.870. The van der Waals surface area contributed by atoms with Gasteiger partial charge in [-0.15, -0.1) is 0 Å². The second-order valence-corrected chi connectivity index (χ2v) is 16.1. The molecule has 0 saturated heterocycles. The van der Waals surface area contributed by atoms with E-state index in [1.54, 1.807) is 17.4 Å². The number of carbonyl (C=O) groups excluding carboxylic acids is 3. The van der Waals surface area contributed by atoms with E-state index in [-0.39, 0.29) is 44.1 Å². The molecule has 9 nitrogen and oxygen atoms in total.